The number of hydrogen-bond donors (Lipinski definition) is 1. The average molecular weight is 333 g/mol. The van der Waals surface area contributed by atoms with Crippen LogP contribution in [0.4, 0.5) is 19.0 Å². The Morgan fingerprint density at radius 1 is 1.43 bits per heavy atom. The lowest BCUT2D eigenvalue weighted by atomic mass is 9.87. The van der Waals surface area contributed by atoms with E-state index in [0.29, 0.717) is 13.0 Å². The van der Waals surface area contributed by atoms with Crippen LogP contribution >= 0.6 is 0 Å². The van der Waals surface area contributed by atoms with Crippen LogP contribution in [0.3, 0.4) is 0 Å². The van der Waals surface area contributed by atoms with Gasteiger partial charge in [-0.3, -0.25) is 9.48 Å². The first kappa shape index (κ1) is 17.8. The summed E-state index contributed by atoms with van der Waals surface area (Å²) in [7, 11) is 1.38. The number of carbonyl (C=O) groups is 1. The van der Waals surface area contributed by atoms with Crippen LogP contribution in [0.2, 0.25) is 0 Å². The van der Waals surface area contributed by atoms with Gasteiger partial charge in [-0.05, 0) is 25.7 Å². The van der Waals surface area contributed by atoms with Gasteiger partial charge in [-0.1, -0.05) is 13.8 Å². The summed E-state index contributed by atoms with van der Waals surface area (Å²) in [6.45, 7) is 5.85. The van der Waals surface area contributed by atoms with Crippen molar-refractivity contribution in [3.63, 3.8) is 0 Å². The van der Waals surface area contributed by atoms with E-state index in [0.717, 1.165) is 11.1 Å². The number of aromatic nitrogens is 2. The van der Waals surface area contributed by atoms with Crippen LogP contribution in [-0.2, 0) is 22.8 Å². The van der Waals surface area contributed by atoms with Crippen LogP contribution in [0.15, 0.2) is 0 Å². The Morgan fingerprint density at radius 2 is 2.09 bits per heavy atom. The maximum atomic E-state index is 12.9. The number of nitrogens with zero attached hydrogens (tertiary/aromatic N) is 2. The first-order chi connectivity index (χ1) is 10.6. The zero-order valence-corrected chi connectivity index (χ0v) is 13.7. The quantitative estimate of drug-likeness (QED) is 0.924. The van der Waals surface area contributed by atoms with Gasteiger partial charge in [-0.25, -0.2) is 0 Å². The lowest BCUT2D eigenvalue weighted by molar-refractivity contribution is -0.142. The third-order valence-electron chi connectivity index (χ3n) is 4.15. The number of amides is 1. The molecule has 1 aliphatic rings. The molecule has 5 nitrogen and oxygen atoms in total. The summed E-state index contributed by atoms with van der Waals surface area (Å²) in [4.78, 5) is 12.5. The molecule has 1 aliphatic heterocycles. The van der Waals surface area contributed by atoms with Gasteiger partial charge in [0.1, 0.15) is 5.82 Å². The summed E-state index contributed by atoms with van der Waals surface area (Å²) in [5, 5.41) is 6.09. The zero-order valence-electron chi connectivity index (χ0n) is 13.7. The standard InChI is InChI=1S/C15H22F3N3O2/c1-8(2)11-10(6-5-7-23-11)14(22)19-13-9(3)12(15(16,17)18)20-21(13)4/h8,10-11H,5-7H2,1-4H3,(H,19,22)/t10-,11+/m1/s1. The third kappa shape index (κ3) is 3.68. The van der Waals surface area contributed by atoms with Crippen molar-refractivity contribution in [3.8, 4) is 0 Å². The molecule has 1 N–H and O–H groups in total. The van der Waals surface area contributed by atoms with Crippen LogP contribution in [0.25, 0.3) is 0 Å². The Balaban J connectivity index is 2.22. The van der Waals surface area contributed by atoms with Crippen molar-refractivity contribution in [2.24, 2.45) is 18.9 Å². The Labute approximate surface area is 133 Å². The fraction of sp³-hybridized carbons (Fsp3) is 0.733. The minimum absolute atomic E-state index is 0.0776. The van der Waals surface area contributed by atoms with Crippen LogP contribution in [0.5, 0.6) is 0 Å². The summed E-state index contributed by atoms with van der Waals surface area (Å²) in [6.07, 6.45) is -3.34. The van der Waals surface area contributed by atoms with Crippen molar-refractivity contribution in [2.75, 3.05) is 11.9 Å². The van der Waals surface area contributed by atoms with E-state index in [1.165, 1.54) is 14.0 Å². The van der Waals surface area contributed by atoms with Gasteiger partial charge < -0.3 is 10.1 Å². The summed E-state index contributed by atoms with van der Waals surface area (Å²) in [5.74, 6) is -0.449. The molecule has 0 radical (unpaired) electrons. The van der Waals surface area contributed by atoms with Crippen LogP contribution < -0.4 is 5.32 Å². The maximum Gasteiger partial charge on any atom is 0.435 e. The molecule has 1 fully saturated rings. The second-order valence-electron chi connectivity index (χ2n) is 6.26. The van der Waals surface area contributed by atoms with Crippen LogP contribution in [0, 0.1) is 18.8 Å². The topological polar surface area (TPSA) is 56.2 Å². The number of aryl methyl sites for hydroxylation is 1. The van der Waals surface area contributed by atoms with Crippen molar-refractivity contribution < 1.29 is 22.7 Å². The predicted octanol–water partition coefficient (Wildman–Crippen LogP) is 3.14. The number of ether oxygens (including phenoxy) is 1. The molecule has 1 aromatic heterocycles. The number of nitrogens with one attached hydrogen (secondary N) is 1. The van der Waals surface area contributed by atoms with E-state index >= 15 is 0 Å². The highest BCUT2D eigenvalue weighted by molar-refractivity contribution is 5.93. The molecule has 1 saturated heterocycles. The van der Waals surface area contributed by atoms with Gasteiger partial charge in [0.15, 0.2) is 5.69 Å². The number of anilines is 1. The zero-order chi connectivity index (χ0) is 17.4. The van der Waals surface area contributed by atoms with Crippen LogP contribution in [0.1, 0.15) is 37.9 Å². The molecule has 0 saturated carbocycles. The number of alkyl halides is 3. The number of rotatable bonds is 3. The van der Waals surface area contributed by atoms with E-state index in [4.69, 9.17) is 4.74 Å². The van der Waals surface area contributed by atoms with Gasteiger partial charge in [-0.15, -0.1) is 0 Å². The maximum absolute atomic E-state index is 12.9. The Bertz CT molecular complexity index is 581. The van der Waals surface area contributed by atoms with Gasteiger partial charge in [0.05, 0.1) is 12.0 Å². The molecule has 0 aliphatic carbocycles. The van der Waals surface area contributed by atoms with E-state index in [9.17, 15) is 18.0 Å². The number of halogens is 3. The SMILES string of the molecule is Cc1c(C(F)(F)F)nn(C)c1NC(=O)[C@@H]1CCCO[C@H]1C(C)C. The lowest BCUT2D eigenvalue weighted by Crippen LogP contribution is -2.41. The minimum Gasteiger partial charge on any atom is -0.377 e. The van der Waals surface area contributed by atoms with Crippen molar-refractivity contribution in [1.82, 2.24) is 9.78 Å². The lowest BCUT2D eigenvalue weighted by Gasteiger charge is -2.33. The van der Waals surface area contributed by atoms with Crippen molar-refractivity contribution in [2.45, 2.75) is 45.9 Å². The largest absolute Gasteiger partial charge is 0.435 e. The second-order valence-corrected chi connectivity index (χ2v) is 6.26. The summed E-state index contributed by atoms with van der Waals surface area (Å²) in [6, 6.07) is 0. The summed E-state index contributed by atoms with van der Waals surface area (Å²) < 4.78 is 45.4. The Kier molecular flexibility index (Phi) is 5.03. The van der Waals surface area contributed by atoms with E-state index in [2.05, 4.69) is 10.4 Å². The van der Waals surface area contributed by atoms with Gasteiger partial charge in [0, 0.05) is 19.2 Å². The fourth-order valence-corrected chi connectivity index (χ4v) is 3.02. The highest BCUT2D eigenvalue weighted by Crippen LogP contribution is 2.34. The summed E-state index contributed by atoms with van der Waals surface area (Å²) >= 11 is 0. The van der Waals surface area contributed by atoms with Crippen molar-refractivity contribution >= 4 is 11.7 Å². The minimum atomic E-state index is -4.54. The molecule has 0 bridgehead atoms. The van der Waals surface area contributed by atoms with Crippen molar-refractivity contribution in [1.29, 1.82) is 0 Å². The monoisotopic (exact) mass is 333 g/mol. The number of hydrogen-bond acceptors (Lipinski definition) is 3. The number of carbonyl (C=O) groups excluding carboxylic acids is 1. The van der Waals surface area contributed by atoms with E-state index in [1.807, 2.05) is 13.8 Å². The Hall–Kier alpha value is -1.57. The molecule has 2 atom stereocenters. The normalized spacial score (nSPS) is 22.4. The van der Waals surface area contributed by atoms with Gasteiger partial charge in [-0.2, -0.15) is 18.3 Å². The summed E-state index contributed by atoms with van der Waals surface area (Å²) in [5.41, 5.74) is -1.05. The van der Waals surface area contributed by atoms with Crippen molar-refractivity contribution in [3.05, 3.63) is 11.3 Å². The molecule has 0 spiro atoms. The van der Waals surface area contributed by atoms with E-state index < -0.39 is 11.9 Å². The molecule has 0 aromatic carbocycles. The highest BCUT2D eigenvalue weighted by Gasteiger charge is 2.39. The smallest absolute Gasteiger partial charge is 0.377 e. The molecule has 8 heteroatoms. The molecule has 1 aromatic rings. The van der Waals surface area contributed by atoms with Crippen LogP contribution in [-0.4, -0.2) is 28.4 Å². The third-order valence-corrected chi connectivity index (χ3v) is 4.15. The van der Waals surface area contributed by atoms with E-state index in [1.54, 1.807) is 0 Å². The average Bonchev–Trinajstić information content (AvgIpc) is 2.75. The molecule has 23 heavy (non-hydrogen) atoms. The first-order valence-corrected chi connectivity index (χ1v) is 7.66. The molecule has 130 valence electrons. The fourth-order valence-electron chi connectivity index (χ4n) is 3.02. The molecular weight excluding hydrogens is 311 g/mol. The highest BCUT2D eigenvalue weighted by atomic mass is 19.4. The molecular formula is C15H22F3N3O2. The van der Waals surface area contributed by atoms with Gasteiger partial charge >= 0.3 is 6.18 Å². The first-order valence-electron chi connectivity index (χ1n) is 7.66. The second kappa shape index (κ2) is 6.51. The predicted molar refractivity (Wildman–Crippen MR) is 78.9 cm³/mol. The molecule has 2 rings (SSSR count). The Morgan fingerprint density at radius 3 is 2.61 bits per heavy atom. The van der Waals surface area contributed by atoms with E-state index in [-0.39, 0.29) is 35.2 Å². The molecule has 0 unspecified atom stereocenters. The van der Waals surface area contributed by atoms with Gasteiger partial charge in [0.25, 0.3) is 0 Å². The van der Waals surface area contributed by atoms with Gasteiger partial charge in [0.2, 0.25) is 5.91 Å². The molecule has 2 heterocycles. The molecule has 1 amide bonds.